The summed E-state index contributed by atoms with van der Waals surface area (Å²) < 4.78 is 17.5. The maximum Gasteiger partial charge on any atom is 0.354 e. The molecule has 1 aromatic carbocycles. The fourth-order valence-electron chi connectivity index (χ4n) is 2.45. The molecule has 0 bridgehead atoms. The van der Waals surface area contributed by atoms with E-state index in [4.69, 9.17) is 24.2 Å². The van der Waals surface area contributed by atoms with E-state index in [9.17, 15) is 4.79 Å². The third-order valence-electron chi connectivity index (χ3n) is 3.55. The number of methoxy groups -OCH3 is 1. The van der Waals surface area contributed by atoms with E-state index < -0.39 is 18.0 Å². The molecule has 0 fully saturated rings. The minimum absolute atomic E-state index is 0.0274. The normalized spacial score (nSPS) is 22.3. The second-order valence-electron chi connectivity index (χ2n) is 4.74. The number of ether oxygens (including phenoxy) is 3. The lowest BCUT2D eigenvalue weighted by Crippen LogP contribution is -2.22. The highest BCUT2D eigenvalue weighted by molar-refractivity contribution is 9.11. The van der Waals surface area contributed by atoms with Gasteiger partial charge in [-0.25, -0.2) is 4.79 Å². The third-order valence-corrected chi connectivity index (χ3v) is 5.12. The molecule has 0 spiro atoms. The summed E-state index contributed by atoms with van der Waals surface area (Å²) in [7, 11) is 1.51. The monoisotopic (exact) mass is 435 g/mol. The van der Waals surface area contributed by atoms with E-state index in [0.717, 1.165) is 0 Å². The largest absolute Gasteiger partial charge is 0.492 e. The molecule has 0 amide bonds. The highest BCUT2D eigenvalue weighted by atomic mass is 79.9. The van der Waals surface area contributed by atoms with E-state index in [2.05, 4.69) is 37.0 Å². The zero-order valence-corrected chi connectivity index (χ0v) is 14.7. The minimum atomic E-state index is -1.10. The van der Waals surface area contributed by atoms with Gasteiger partial charge in [0.2, 0.25) is 12.5 Å². The van der Waals surface area contributed by atoms with Crippen LogP contribution in [0.5, 0.6) is 17.2 Å². The Bertz CT molecular complexity index is 690. The van der Waals surface area contributed by atoms with E-state index in [0.29, 0.717) is 31.8 Å². The van der Waals surface area contributed by atoms with Crippen LogP contribution in [0, 0.1) is 5.92 Å². The van der Waals surface area contributed by atoms with Gasteiger partial charge in [-0.05, 0) is 31.9 Å². The zero-order chi connectivity index (χ0) is 16.0. The number of fused-ring (bicyclic) bond motifs is 1. The number of hydrogen-bond donors (Lipinski definition) is 1. The summed E-state index contributed by atoms with van der Waals surface area (Å²) in [6, 6.07) is 0. The predicted octanol–water partition coefficient (Wildman–Crippen LogP) is 3.10. The Labute approximate surface area is 142 Å². The summed E-state index contributed by atoms with van der Waals surface area (Å²) in [5, 5.41) is 12.8. The van der Waals surface area contributed by atoms with E-state index in [-0.39, 0.29) is 12.5 Å². The lowest BCUT2D eigenvalue weighted by atomic mass is 9.93. The van der Waals surface area contributed by atoms with E-state index >= 15 is 0 Å². The summed E-state index contributed by atoms with van der Waals surface area (Å²) in [6.07, 6.45) is -0.585. The molecule has 0 unspecified atom stereocenters. The highest BCUT2D eigenvalue weighted by Gasteiger charge is 2.41. The molecule has 118 valence electrons. The molecule has 2 aliphatic heterocycles. The maximum absolute atomic E-state index is 11.2. The number of nitrogens with zero attached hydrogens (tertiary/aromatic N) is 1. The summed E-state index contributed by atoms with van der Waals surface area (Å²) in [5.74, 6) is -0.0972. The fraction of sp³-hybridized carbons (Fsp3) is 0.385. The van der Waals surface area contributed by atoms with Crippen LogP contribution in [-0.4, -0.2) is 30.7 Å². The molecule has 2 atom stereocenters. The molecule has 0 saturated carbocycles. The third kappa shape index (κ3) is 2.14. The molecule has 2 heterocycles. The molecule has 2 aliphatic rings. The molecule has 0 aliphatic carbocycles. The van der Waals surface area contributed by atoms with Crippen LogP contribution in [0.25, 0.3) is 0 Å². The second-order valence-corrected chi connectivity index (χ2v) is 6.32. The molecule has 1 aromatic rings. The standard InChI is InChI=1S/C13H11Br2NO6/c1-4-8(13(17)18)16-22-9(4)5-6(14)10(19-2)12-11(7(5)15)20-3-21-12/h4,9H,3H2,1-2H3,(H,17,18)/t4-,9+/m0/s1. The zero-order valence-electron chi connectivity index (χ0n) is 11.6. The number of carbonyl (C=O) groups is 1. The molecule has 0 radical (unpaired) electrons. The average Bonchev–Trinajstić information content (AvgIpc) is 3.07. The number of oxime groups is 1. The number of rotatable bonds is 3. The Morgan fingerprint density at radius 1 is 1.32 bits per heavy atom. The Balaban J connectivity index is 2.11. The number of aliphatic carboxylic acids is 1. The second kappa shape index (κ2) is 5.62. The van der Waals surface area contributed by atoms with Crippen LogP contribution < -0.4 is 14.2 Å². The van der Waals surface area contributed by atoms with Crippen molar-refractivity contribution in [2.45, 2.75) is 13.0 Å². The number of carboxylic acid groups (broad SMARTS) is 1. The topological polar surface area (TPSA) is 86.6 Å². The van der Waals surface area contributed by atoms with Crippen LogP contribution in [0.15, 0.2) is 14.1 Å². The molecular weight excluding hydrogens is 426 g/mol. The van der Waals surface area contributed by atoms with Crippen molar-refractivity contribution in [3.05, 3.63) is 14.5 Å². The van der Waals surface area contributed by atoms with Crippen LogP contribution in [0.2, 0.25) is 0 Å². The van der Waals surface area contributed by atoms with E-state index in [1.54, 1.807) is 6.92 Å². The van der Waals surface area contributed by atoms with Crippen molar-refractivity contribution in [3.8, 4) is 17.2 Å². The van der Waals surface area contributed by atoms with Gasteiger partial charge in [0.05, 0.1) is 22.0 Å². The van der Waals surface area contributed by atoms with Gasteiger partial charge in [0.1, 0.15) is 0 Å². The van der Waals surface area contributed by atoms with Crippen LogP contribution in [0.1, 0.15) is 18.6 Å². The smallest absolute Gasteiger partial charge is 0.354 e. The maximum atomic E-state index is 11.2. The first-order chi connectivity index (χ1) is 10.5. The highest BCUT2D eigenvalue weighted by Crippen LogP contribution is 2.55. The molecule has 1 N–H and O–H groups in total. The Kier molecular flexibility index (Phi) is 3.94. The van der Waals surface area contributed by atoms with Crippen molar-refractivity contribution >= 4 is 43.5 Å². The molecule has 7 nitrogen and oxygen atoms in total. The first-order valence-electron chi connectivity index (χ1n) is 6.28. The van der Waals surface area contributed by atoms with Crippen molar-refractivity contribution in [2.24, 2.45) is 11.1 Å². The number of benzene rings is 1. The van der Waals surface area contributed by atoms with Crippen molar-refractivity contribution < 1.29 is 28.9 Å². The van der Waals surface area contributed by atoms with Crippen LogP contribution in [0.4, 0.5) is 0 Å². The van der Waals surface area contributed by atoms with Gasteiger partial charge in [-0.2, -0.15) is 0 Å². The number of hydrogen-bond acceptors (Lipinski definition) is 6. The van der Waals surface area contributed by atoms with Crippen molar-refractivity contribution in [1.29, 1.82) is 0 Å². The Morgan fingerprint density at radius 2 is 2.00 bits per heavy atom. The fourth-order valence-corrected chi connectivity index (χ4v) is 4.20. The predicted molar refractivity (Wildman–Crippen MR) is 82.6 cm³/mol. The summed E-state index contributed by atoms with van der Waals surface area (Å²) >= 11 is 6.94. The van der Waals surface area contributed by atoms with Crippen molar-refractivity contribution in [1.82, 2.24) is 0 Å². The van der Waals surface area contributed by atoms with Crippen molar-refractivity contribution in [2.75, 3.05) is 13.9 Å². The van der Waals surface area contributed by atoms with Crippen LogP contribution >= 0.6 is 31.9 Å². The molecule has 22 heavy (non-hydrogen) atoms. The summed E-state index contributed by atoms with van der Waals surface area (Å²) in [5.41, 5.74) is 0.633. The molecular formula is C13H11Br2NO6. The molecule has 0 saturated heterocycles. The van der Waals surface area contributed by atoms with Gasteiger partial charge >= 0.3 is 5.97 Å². The van der Waals surface area contributed by atoms with Gasteiger partial charge in [-0.15, -0.1) is 0 Å². The van der Waals surface area contributed by atoms with Gasteiger partial charge in [0.25, 0.3) is 0 Å². The molecule has 3 rings (SSSR count). The van der Waals surface area contributed by atoms with Gasteiger partial charge in [-0.3, -0.25) is 0 Å². The average molecular weight is 437 g/mol. The van der Waals surface area contributed by atoms with Gasteiger partial charge in [0, 0.05) is 5.56 Å². The Morgan fingerprint density at radius 3 is 2.59 bits per heavy atom. The number of carboxylic acids is 1. The summed E-state index contributed by atoms with van der Waals surface area (Å²) in [6.45, 7) is 1.82. The Hall–Kier alpha value is -1.48. The first-order valence-corrected chi connectivity index (χ1v) is 7.87. The number of halogens is 2. The van der Waals surface area contributed by atoms with E-state index in [1.165, 1.54) is 7.11 Å². The summed E-state index contributed by atoms with van der Waals surface area (Å²) in [4.78, 5) is 16.5. The molecule has 9 heteroatoms. The lowest BCUT2D eigenvalue weighted by Gasteiger charge is -2.20. The van der Waals surface area contributed by atoms with Gasteiger partial charge in [0.15, 0.2) is 23.3 Å². The van der Waals surface area contributed by atoms with Crippen LogP contribution in [-0.2, 0) is 9.63 Å². The SMILES string of the molecule is COc1c(Br)c([C@@H]2ON=C(C(=O)O)[C@@H]2C)c(Br)c2c1OCO2. The van der Waals surface area contributed by atoms with E-state index in [1.807, 2.05) is 0 Å². The molecule has 0 aromatic heterocycles. The minimum Gasteiger partial charge on any atom is -0.492 e. The first kappa shape index (κ1) is 15.4. The van der Waals surface area contributed by atoms with Crippen LogP contribution in [0.3, 0.4) is 0 Å². The lowest BCUT2D eigenvalue weighted by molar-refractivity contribution is -0.129. The van der Waals surface area contributed by atoms with Gasteiger partial charge < -0.3 is 24.2 Å². The quantitative estimate of drug-likeness (QED) is 0.783. The van der Waals surface area contributed by atoms with Gasteiger partial charge in [-0.1, -0.05) is 12.1 Å². The van der Waals surface area contributed by atoms with Crippen molar-refractivity contribution in [3.63, 3.8) is 0 Å².